The fraction of sp³-hybridized carbons (Fsp3) is 0.471. The molecule has 0 radical (unpaired) electrons. The summed E-state index contributed by atoms with van der Waals surface area (Å²) in [5, 5.41) is 13.0. The molecule has 0 spiro atoms. The average Bonchev–Trinajstić information content (AvgIpc) is 2.64. The minimum absolute atomic E-state index is 0.0166. The van der Waals surface area contributed by atoms with Crippen molar-refractivity contribution in [3.63, 3.8) is 0 Å². The number of nitrogens with one attached hydrogen (secondary N) is 1. The van der Waals surface area contributed by atoms with Gasteiger partial charge in [-0.25, -0.2) is 0 Å². The Morgan fingerprint density at radius 1 is 1.37 bits per heavy atom. The number of hydrogen-bond acceptors (Lipinski definition) is 6. The van der Waals surface area contributed by atoms with Crippen LogP contribution in [0.3, 0.4) is 0 Å². The molecule has 1 N–H and O–H groups in total. The lowest BCUT2D eigenvalue weighted by Crippen LogP contribution is -2.44. The second-order valence-corrected chi connectivity index (χ2v) is 6.61. The van der Waals surface area contributed by atoms with Crippen LogP contribution >= 0.6 is 11.6 Å². The summed E-state index contributed by atoms with van der Waals surface area (Å²) in [4.78, 5) is 47.7. The summed E-state index contributed by atoms with van der Waals surface area (Å²) in [7, 11) is 0. The third-order valence-corrected chi connectivity index (χ3v) is 4.60. The summed E-state index contributed by atoms with van der Waals surface area (Å²) < 4.78 is 4.90. The number of nitro benzene ring substituents is 1. The van der Waals surface area contributed by atoms with Crippen LogP contribution in [0.4, 0.5) is 5.69 Å². The lowest BCUT2D eigenvalue weighted by Gasteiger charge is -2.33. The van der Waals surface area contributed by atoms with Gasteiger partial charge in [-0.05, 0) is 38.3 Å². The van der Waals surface area contributed by atoms with Crippen LogP contribution in [0.15, 0.2) is 18.2 Å². The van der Waals surface area contributed by atoms with Gasteiger partial charge in [0.15, 0.2) is 6.61 Å². The summed E-state index contributed by atoms with van der Waals surface area (Å²) in [5.41, 5.74) is -0.426. The number of esters is 1. The molecule has 1 aliphatic heterocycles. The molecule has 1 aliphatic rings. The Hall–Kier alpha value is -2.68. The van der Waals surface area contributed by atoms with E-state index in [-0.39, 0.29) is 29.1 Å². The molecule has 9 nitrogen and oxygen atoms in total. The highest BCUT2D eigenvalue weighted by Crippen LogP contribution is 2.25. The van der Waals surface area contributed by atoms with E-state index in [9.17, 15) is 24.5 Å². The molecule has 1 atom stereocenters. The van der Waals surface area contributed by atoms with E-state index >= 15 is 0 Å². The molecule has 1 aromatic carbocycles. The molecule has 0 aliphatic carbocycles. The van der Waals surface area contributed by atoms with Crippen molar-refractivity contribution in [2.24, 2.45) is 0 Å². The number of carbonyl (C=O) groups excluding carboxylic acids is 3. The van der Waals surface area contributed by atoms with Crippen molar-refractivity contribution in [1.82, 2.24) is 10.2 Å². The van der Waals surface area contributed by atoms with Crippen molar-refractivity contribution < 1.29 is 24.0 Å². The van der Waals surface area contributed by atoms with Gasteiger partial charge in [-0.1, -0.05) is 11.6 Å². The number of hydrogen-bond donors (Lipinski definition) is 1. The van der Waals surface area contributed by atoms with Gasteiger partial charge in [0, 0.05) is 24.2 Å². The van der Waals surface area contributed by atoms with E-state index < -0.39 is 29.0 Å². The van der Waals surface area contributed by atoms with Gasteiger partial charge < -0.3 is 15.0 Å². The molecule has 2 amide bonds. The standard InChI is InChI=1S/C17H20ClN3O6/c1-11-4-2-3-7-20(11)15(22)10-27-16(23)9-19-17(24)12-5-6-13(18)14(8-12)21(25)26/h5-6,8,11H,2-4,7,9-10H2,1H3,(H,19,24)/t11-/m1/s1. The molecule has 0 saturated carbocycles. The fourth-order valence-electron chi connectivity index (χ4n) is 2.79. The maximum Gasteiger partial charge on any atom is 0.325 e. The Kier molecular flexibility index (Phi) is 7.12. The molecule has 1 aromatic rings. The molecule has 1 saturated heterocycles. The first kappa shape index (κ1) is 20.6. The highest BCUT2D eigenvalue weighted by Gasteiger charge is 2.24. The number of rotatable bonds is 6. The number of nitrogens with zero attached hydrogens (tertiary/aromatic N) is 2. The minimum Gasteiger partial charge on any atom is -0.454 e. The number of amides is 2. The Labute approximate surface area is 160 Å². The number of benzene rings is 1. The Morgan fingerprint density at radius 2 is 2.11 bits per heavy atom. The Morgan fingerprint density at radius 3 is 2.78 bits per heavy atom. The highest BCUT2D eigenvalue weighted by atomic mass is 35.5. The van der Waals surface area contributed by atoms with Crippen molar-refractivity contribution in [2.45, 2.75) is 32.2 Å². The summed E-state index contributed by atoms with van der Waals surface area (Å²) in [6.45, 7) is 1.75. The molecule has 27 heavy (non-hydrogen) atoms. The van der Waals surface area contributed by atoms with Crippen molar-refractivity contribution in [3.8, 4) is 0 Å². The topological polar surface area (TPSA) is 119 Å². The number of ether oxygens (including phenoxy) is 1. The van der Waals surface area contributed by atoms with E-state index in [1.165, 1.54) is 12.1 Å². The van der Waals surface area contributed by atoms with Crippen LogP contribution in [0.25, 0.3) is 0 Å². The number of likely N-dealkylation sites (tertiary alicyclic amines) is 1. The van der Waals surface area contributed by atoms with Crippen molar-refractivity contribution in [1.29, 1.82) is 0 Å². The molecule has 10 heteroatoms. The first-order valence-corrected chi connectivity index (χ1v) is 8.84. The van der Waals surface area contributed by atoms with Crippen LogP contribution in [-0.2, 0) is 14.3 Å². The predicted molar refractivity (Wildman–Crippen MR) is 96.4 cm³/mol. The highest BCUT2D eigenvalue weighted by molar-refractivity contribution is 6.32. The number of piperidine rings is 1. The zero-order valence-electron chi connectivity index (χ0n) is 14.8. The van der Waals surface area contributed by atoms with Gasteiger partial charge in [-0.3, -0.25) is 24.5 Å². The van der Waals surface area contributed by atoms with Gasteiger partial charge in [-0.15, -0.1) is 0 Å². The predicted octanol–water partition coefficient (Wildman–Crippen LogP) is 1.92. The molecular weight excluding hydrogens is 378 g/mol. The van der Waals surface area contributed by atoms with Gasteiger partial charge in [0.05, 0.1) is 4.92 Å². The second-order valence-electron chi connectivity index (χ2n) is 6.20. The quantitative estimate of drug-likeness (QED) is 0.445. The van der Waals surface area contributed by atoms with Gasteiger partial charge in [0.25, 0.3) is 17.5 Å². The zero-order chi connectivity index (χ0) is 20.0. The van der Waals surface area contributed by atoms with E-state index in [1.807, 2.05) is 6.92 Å². The van der Waals surface area contributed by atoms with Crippen LogP contribution in [-0.4, -0.2) is 53.3 Å². The maximum atomic E-state index is 12.1. The molecular formula is C17H20ClN3O6. The Balaban J connectivity index is 1.81. The molecule has 1 heterocycles. The molecule has 1 fully saturated rings. The SMILES string of the molecule is C[C@@H]1CCCCN1C(=O)COC(=O)CNC(=O)c1ccc(Cl)c([N+](=O)[O-])c1. The molecule has 0 bridgehead atoms. The molecule has 0 aromatic heterocycles. The van der Waals surface area contributed by atoms with E-state index in [1.54, 1.807) is 4.90 Å². The minimum atomic E-state index is -0.773. The summed E-state index contributed by atoms with van der Waals surface area (Å²) in [6, 6.07) is 3.66. The third kappa shape index (κ3) is 5.65. The van der Waals surface area contributed by atoms with Crippen molar-refractivity contribution in [2.75, 3.05) is 19.7 Å². The lowest BCUT2D eigenvalue weighted by atomic mass is 10.0. The van der Waals surface area contributed by atoms with Crippen LogP contribution < -0.4 is 5.32 Å². The summed E-state index contributed by atoms with van der Waals surface area (Å²) in [6.07, 6.45) is 2.91. The molecule has 146 valence electrons. The first-order chi connectivity index (χ1) is 12.8. The maximum absolute atomic E-state index is 12.1. The van der Waals surface area contributed by atoms with Gasteiger partial charge in [0.1, 0.15) is 11.6 Å². The summed E-state index contributed by atoms with van der Waals surface area (Å²) in [5.74, 6) is -1.73. The van der Waals surface area contributed by atoms with Crippen molar-refractivity contribution in [3.05, 3.63) is 38.9 Å². The average molecular weight is 398 g/mol. The lowest BCUT2D eigenvalue weighted by molar-refractivity contribution is -0.384. The number of nitro groups is 1. The summed E-state index contributed by atoms with van der Waals surface area (Å²) >= 11 is 5.69. The number of halogens is 1. The van der Waals surface area contributed by atoms with E-state index in [2.05, 4.69) is 5.32 Å². The van der Waals surface area contributed by atoms with Gasteiger partial charge in [-0.2, -0.15) is 0 Å². The van der Waals surface area contributed by atoms with Crippen LogP contribution in [0.1, 0.15) is 36.5 Å². The van der Waals surface area contributed by atoms with Crippen molar-refractivity contribution >= 4 is 35.1 Å². The zero-order valence-corrected chi connectivity index (χ0v) is 15.5. The monoisotopic (exact) mass is 397 g/mol. The fourth-order valence-corrected chi connectivity index (χ4v) is 2.98. The second kappa shape index (κ2) is 9.31. The first-order valence-electron chi connectivity index (χ1n) is 8.47. The van der Waals surface area contributed by atoms with E-state index in [0.29, 0.717) is 6.54 Å². The third-order valence-electron chi connectivity index (χ3n) is 4.28. The number of carbonyl (C=O) groups is 3. The smallest absolute Gasteiger partial charge is 0.325 e. The molecule has 0 unspecified atom stereocenters. The molecule has 2 rings (SSSR count). The van der Waals surface area contributed by atoms with E-state index in [4.69, 9.17) is 16.3 Å². The normalized spacial score (nSPS) is 16.5. The van der Waals surface area contributed by atoms with Gasteiger partial charge in [0.2, 0.25) is 0 Å². The van der Waals surface area contributed by atoms with Crippen LogP contribution in [0.5, 0.6) is 0 Å². The Bertz CT molecular complexity index is 754. The van der Waals surface area contributed by atoms with Crippen LogP contribution in [0, 0.1) is 10.1 Å². The largest absolute Gasteiger partial charge is 0.454 e. The van der Waals surface area contributed by atoms with E-state index in [0.717, 1.165) is 25.3 Å². The van der Waals surface area contributed by atoms with Crippen LogP contribution in [0.2, 0.25) is 5.02 Å². The van der Waals surface area contributed by atoms with Gasteiger partial charge >= 0.3 is 5.97 Å².